The number of rotatable bonds is 1. The Morgan fingerprint density at radius 3 is 2.87 bits per heavy atom. The number of nitriles is 1. The minimum Gasteiger partial charge on any atom is -0.295 e. The molecule has 3 saturated carbocycles. The van der Waals surface area contributed by atoms with Crippen molar-refractivity contribution in [1.82, 2.24) is 0 Å². The van der Waals surface area contributed by atoms with E-state index in [-0.39, 0.29) is 5.92 Å². The highest BCUT2D eigenvalue weighted by Crippen LogP contribution is 2.65. The summed E-state index contributed by atoms with van der Waals surface area (Å²) >= 11 is 0. The molecule has 4 rings (SSSR count). The van der Waals surface area contributed by atoms with Crippen molar-refractivity contribution < 1.29 is 4.79 Å². The van der Waals surface area contributed by atoms with Crippen LogP contribution < -0.4 is 0 Å². The lowest BCUT2D eigenvalue weighted by Crippen LogP contribution is -2.50. The minimum absolute atomic E-state index is 0.288. The maximum Gasteiger partial charge on any atom is 0.155 e. The average Bonchev–Trinajstić information content (AvgIpc) is 2.93. The Morgan fingerprint density at radius 1 is 1.30 bits per heavy atom. The predicted octanol–water partition coefficient (Wildman–Crippen LogP) is 4.90. The molecule has 2 heteroatoms. The lowest BCUT2D eigenvalue weighted by atomic mass is 9.48. The van der Waals surface area contributed by atoms with Gasteiger partial charge in [0.15, 0.2) is 5.78 Å². The van der Waals surface area contributed by atoms with E-state index in [1.807, 2.05) is 6.08 Å². The molecule has 2 nitrogen and oxygen atoms in total. The van der Waals surface area contributed by atoms with E-state index in [9.17, 15) is 10.1 Å². The number of ketones is 1. The van der Waals surface area contributed by atoms with E-state index in [4.69, 9.17) is 0 Å². The Labute approximate surface area is 140 Å². The molecular weight excluding hydrogens is 282 g/mol. The van der Waals surface area contributed by atoms with Gasteiger partial charge in [-0.2, -0.15) is 5.26 Å². The number of allylic oxidation sites excluding steroid dienone is 1. The van der Waals surface area contributed by atoms with Crippen LogP contribution in [0.5, 0.6) is 0 Å². The van der Waals surface area contributed by atoms with Crippen molar-refractivity contribution in [2.45, 2.75) is 65.2 Å². The molecule has 4 aliphatic carbocycles. The second-order valence-electron chi connectivity index (χ2n) is 8.74. The van der Waals surface area contributed by atoms with Crippen LogP contribution in [0.25, 0.3) is 0 Å². The van der Waals surface area contributed by atoms with Gasteiger partial charge in [-0.3, -0.25) is 4.79 Å². The van der Waals surface area contributed by atoms with Crippen molar-refractivity contribution in [3.05, 3.63) is 11.6 Å². The summed E-state index contributed by atoms with van der Waals surface area (Å²) in [6.07, 6.45) is 11.1. The highest BCUT2D eigenvalue weighted by atomic mass is 16.1. The van der Waals surface area contributed by atoms with E-state index in [0.29, 0.717) is 23.0 Å². The van der Waals surface area contributed by atoms with Gasteiger partial charge in [-0.15, -0.1) is 0 Å². The van der Waals surface area contributed by atoms with Gasteiger partial charge in [0.1, 0.15) is 0 Å². The zero-order valence-corrected chi connectivity index (χ0v) is 14.6. The van der Waals surface area contributed by atoms with Crippen molar-refractivity contribution in [1.29, 1.82) is 5.26 Å². The Bertz CT molecular complexity index is 585. The van der Waals surface area contributed by atoms with Gasteiger partial charge < -0.3 is 0 Å². The molecule has 0 bridgehead atoms. The topological polar surface area (TPSA) is 40.9 Å². The van der Waals surface area contributed by atoms with Crippen LogP contribution in [0.2, 0.25) is 0 Å². The first-order valence-electron chi connectivity index (χ1n) is 9.73. The standard InChI is InChI=1S/C21H29NO/c1-3-21-9-8-18-17-6-5-16(23)11-14(17)10-13(2)20(18)19(21)7-4-15(21)12-22/h11,13,15,17-20H,3-10H2,1-2H3/t13-,15?,17?,18?,19?,20?,21?/m1/s1. The molecule has 0 radical (unpaired) electrons. The van der Waals surface area contributed by atoms with E-state index < -0.39 is 0 Å². The molecule has 0 aromatic carbocycles. The Morgan fingerprint density at radius 2 is 2.13 bits per heavy atom. The molecule has 7 atom stereocenters. The van der Waals surface area contributed by atoms with Crippen LogP contribution in [0, 0.1) is 52.3 Å². The summed E-state index contributed by atoms with van der Waals surface area (Å²) in [6, 6.07) is 2.67. The first-order valence-corrected chi connectivity index (χ1v) is 9.73. The highest BCUT2D eigenvalue weighted by Gasteiger charge is 2.59. The van der Waals surface area contributed by atoms with Crippen LogP contribution in [0.4, 0.5) is 0 Å². The van der Waals surface area contributed by atoms with Gasteiger partial charge in [-0.1, -0.05) is 19.4 Å². The predicted molar refractivity (Wildman–Crippen MR) is 90.4 cm³/mol. The van der Waals surface area contributed by atoms with Gasteiger partial charge in [0.05, 0.1) is 12.0 Å². The number of nitrogens with zero attached hydrogens (tertiary/aromatic N) is 1. The summed E-state index contributed by atoms with van der Waals surface area (Å²) in [5.41, 5.74) is 1.77. The van der Waals surface area contributed by atoms with Gasteiger partial charge >= 0.3 is 0 Å². The number of hydrogen-bond acceptors (Lipinski definition) is 2. The lowest BCUT2D eigenvalue weighted by molar-refractivity contribution is -0.116. The summed E-state index contributed by atoms with van der Waals surface area (Å²) in [5, 5.41) is 9.68. The smallest absolute Gasteiger partial charge is 0.155 e. The molecule has 0 heterocycles. The van der Waals surface area contributed by atoms with Crippen molar-refractivity contribution in [2.75, 3.05) is 0 Å². The fourth-order valence-electron chi connectivity index (χ4n) is 7.28. The molecular formula is C21H29NO. The average molecular weight is 311 g/mol. The largest absolute Gasteiger partial charge is 0.295 e. The summed E-state index contributed by atoms with van der Waals surface area (Å²) in [4.78, 5) is 11.8. The monoisotopic (exact) mass is 311 g/mol. The van der Waals surface area contributed by atoms with Gasteiger partial charge in [-0.05, 0) is 86.0 Å². The summed E-state index contributed by atoms with van der Waals surface area (Å²) in [5.74, 6) is 4.32. The number of fused-ring (bicyclic) bond motifs is 5. The number of carbonyl (C=O) groups excluding carboxylic acids is 1. The number of hydrogen-bond donors (Lipinski definition) is 0. The molecule has 0 saturated heterocycles. The quantitative estimate of drug-likeness (QED) is 0.690. The van der Waals surface area contributed by atoms with E-state index in [0.717, 1.165) is 43.4 Å². The third-order valence-electron chi connectivity index (χ3n) is 8.17. The van der Waals surface area contributed by atoms with E-state index in [1.54, 1.807) is 0 Å². The molecule has 0 N–H and O–H groups in total. The molecule has 0 amide bonds. The summed E-state index contributed by atoms with van der Waals surface area (Å²) in [7, 11) is 0. The maximum absolute atomic E-state index is 11.8. The van der Waals surface area contributed by atoms with Crippen LogP contribution in [0.15, 0.2) is 11.6 Å². The van der Waals surface area contributed by atoms with Gasteiger partial charge in [0.25, 0.3) is 0 Å². The van der Waals surface area contributed by atoms with Gasteiger partial charge in [0, 0.05) is 6.42 Å². The molecule has 4 aliphatic rings. The Kier molecular flexibility index (Phi) is 3.67. The van der Waals surface area contributed by atoms with Crippen molar-refractivity contribution in [2.24, 2.45) is 40.9 Å². The third kappa shape index (κ3) is 2.08. The summed E-state index contributed by atoms with van der Waals surface area (Å²) in [6.45, 7) is 4.74. The van der Waals surface area contributed by atoms with Gasteiger partial charge in [-0.25, -0.2) is 0 Å². The SMILES string of the molecule is CCC12CCC3C4CCC(=O)C=C4C[C@@H](C)C3C1CCC2C#N. The first kappa shape index (κ1) is 15.4. The van der Waals surface area contributed by atoms with Crippen molar-refractivity contribution >= 4 is 5.78 Å². The Hall–Kier alpha value is -1.10. The lowest BCUT2D eigenvalue weighted by Gasteiger charge is -2.56. The molecule has 0 aromatic rings. The first-order chi connectivity index (χ1) is 11.1. The van der Waals surface area contributed by atoms with E-state index in [1.165, 1.54) is 31.3 Å². The molecule has 3 fully saturated rings. The fraction of sp³-hybridized carbons (Fsp3) is 0.810. The van der Waals surface area contributed by atoms with Crippen molar-refractivity contribution in [3.63, 3.8) is 0 Å². The van der Waals surface area contributed by atoms with E-state index >= 15 is 0 Å². The third-order valence-corrected chi connectivity index (χ3v) is 8.17. The molecule has 6 unspecified atom stereocenters. The van der Waals surface area contributed by atoms with Crippen LogP contribution in [-0.4, -0.2) is 5.78 Å². The normalized spacial score (nSPS) is 48.7. The zero-order valence-electron chi connectivity index (χ0n) is 14.6. The fourth-order valence-corrected chi connectivity index (χ4v) is 7.28. The van der Waals surface area contributed by atoms with Crippen LogP contribution in [0.3, 0.4) is 0 Å². The minimum atomic E-state index is 0.288. The highest BCUT2D eigenvalue weighted by molar-refractivity contribution is 5.91. The van der Waals surface area contributed by atoms with E-state index in [2.05, 4.69) is 19.9 Å². The van der Waals surface area contributed by atoms with Crippen LogP contribution in [0.1, 0.15) is 65.2 Å². The second-order valence-corrected chi connectivity index (χ2v) is 8.74. The molecule has 0 spiro atoms. The molecule has 0 aliphatic heterocycles. The van der Waals surface area contributed by atoms with Gasteiger partial charge in [0.2, 0.25) is 0 Å². The zero-order chi connectivity index (χ0) is 16.2. The second kappa shape index (κ2) is 5.47. The van der Waals surface area contributed by atoms with Crippen LogP contribution in [-0.2, 0) is 4.79 Å². The summed E-state index contributed by atoms with van der Waals surface area (Å²) < 4.78 is 0. The number of carbonyl (C=O) groups is 1. The maximum atomic E-state index is 11.8. The van der Waals surface area contributed by atoms with Crippen molar-refractivity contribution in [3.8, 4) is 6.07 Å². The molecule has 124 valence electrons. The molecule has 23 heavy (non-hydrogen) atoms. The Balaban J connectivity index is 1.69. The van der Waals surface area contributed by atoms with Crippen LogP contribution >= 0.6 is 0 Å². The molecule has 0 aromatic heterocycles.